The average Bonchev–Trinajstić information content (AvgIpc) is 2.77. The lowest BCUT2D eigenvalue weighted by Gasteiger charge is -2.29. The molecule has 5 nitrogen and oxygen atoms in total. The van der Waals surface area contributed by atoms with Crippen LogP contribution >= 0.6 is 11.8 Å². The molecule has 0 spiro atoms. The first-order valence-corrected chi connectivity index (χ1v) is 7.26. The molecule has 18 heavy (non-hydrogen) atoms. The maximum Gasteiger partial charge on any atom is 0.293 e. The monoisotopic (exact) mass is 268 g/mol. The maximum atomic E-state index is 12.3. The highest BCUT2D eigenvalue weighted by atomic mass is 32.2. The third kappa shape index (κ3) is 2.85. The van der Waals surface area contributed by atoms with Crippen LogP contribution in [0.15, 0.2) is 0 Å². The van der Waals surface area contributed by atoms with Crippen LogP contribution in [0.2, 0.25) is 0 Å². The Kier molecular flexibility index (Phi) is 3.66. The van der Waals surface area contributed by atoms with Gasteiger partial charge in [-0.1, -0.05) is 27.7 Å². The van der Waals surface area contributed by atoms with Crippen LogP contribution < -0.4 is 0 Å². The van der Waals surface area contributed by atoms with E-state index < -0.39 is 0 Å². The Balaban J connectivity index is 2.11. The van der Waals surface area contributed by atoms with Crippen molar-refractivity contribution in [2.75, 3.05) is 18.8 Å². The summed E-state index contributed by atoms with van der Waals surface area (Å²) in [6.07, 6.45) is 0. The first-order valence-electron chi connectivity index (χ1n) is 6.21. The smallest absolute Gasteiger partial charge is 0.293 e. The maximum absolute atomic E-state index is 12.3. The van der Waals surface area contributed by atoms with E-state index in [1.165, 1.54) is 0 Å². The summed E-state index contributed by atoms with van der Waals surface area (Å²) >= 11 is 1.90. The van der Waals surface area contributed by atoms with Gasteiger partial charge in [-0.3, -0.25) is 9.89 Å². The minimum Gasteiger partial charge on any atom is -0.334 e. The number of hydrogen-bond acceptors (Lipinski definition) is 4. The van der Waals surface area contributed by atoms with E-state index in [-0.39, 0.29) is 11.3 Å². The van der Waals surface area contributed by atoms with E-state index in [0.717, 1.165) is 24.7 Å². The molecule has 1 aromatic heterocycles. The van der Waals surface area contributed by atoms with Gasteiger partial charge in [0.1, 0.15) is 5.82 Å². The molecule has 0 aromatic carbocycles. The lowest BCUT2D eigenvalue weighted by molar-refractivity contribution is 0.0751. The first-order chi connectivity index (χ1) is 8.38. The standard InChI is InChI=1S/C12H20N4OS/c1-8-7-16(5-6-18-8)10(17)9-13-11(15-14-9)12(2,3)4/h8H,5-7H2,1-4H3,(H,13,14,15). The number of amides is 1. The number of thioether (sulfide) groups is 1. The van der Waals surface area contributed by atoms with Crippen molar-refractivity contribution < 1.29 is 4.79 Å². The van der Waals surface area contributed by atoms with Gasteiger partial charge < -0.3 is 4.90 Å². The van der Waals surface area contributed by atoms with Gasteiger partial charge in [0, 0.05) is 29.5 Å². The average molecular weight is 268 g/mol. The second-order valence-electron chi connectivity index (χ2n) is 5.69. The summed E-state index contributed by atoms with van der Waals surface area (Å²) in [6, 6.07) is 0. The lowest BCUT2D eigenvalue weighted by atomic mass is 9.96. The molecule has 2 heterocycles. The van der Waals surface area contributed by atoms with Crippen molar-refractivity contribution in [2.24, 2.45) is 0 Å². The molecule has 1 atom stereocenters. The fourth-order valence-corrected chi connectivity index (χ4v) is 2.85. The van der Waals surface area contributed by atoms with Crippen molar-refractivity contribution in [3.05, 3.63) is 11.6 Å². The number of carbonyl (C=O) groups excluding carboxylic acids is 1. The van der Waals surface area contributed by atoms with E-state index >= 15 is 0 Å². The Labute approximate surface area is 112 Å². The molecule has 1 N–H and O–H groups in total. The van der Waals surface area contributed by atoms with Crippen molar-refractivity contribution in [3.63, 3.8) is 0 Å². The Morgan fingerprint density at radius 3 is 2.78 bits per heavy atom. The molecule has 100 valence electrons. The number of aromatic nitrogens is 3. The summed E-state index contributed by atoms with van der Waals surface area (Å²) in [6.45, 7) is 9.84. The highest BCUT2D eigenvalue weighted by Gasteiger charge is 2.27. The molecule has 1 aliphatic heterocycles. The normalized spacial score (nSPS) is 21.1. The molecule has 1 saturated heterocycles. The van der Waals surface area contributed by atoms with Crippen LogP contribution in [0.25, 0.3) is 0 Å². The third-order valence-corrected chi connectivity index (χ3v) is 4.05. The van der Waals surface area contributed by atoms with Gasteiger partial charge in [0.2, 0.25) is 5.82 Å². The fourth-order valence-electron chi connectivity index (χ4n) is 1.84. The van der Waals surface area contributed by atoms with Gasteiger partial charge in [0.05, 0.1) is 0 Å². The highest BCUT2D eigenvalue weighted by Crippen LogP contribution is 2.20. The van der Waals surface area contributed by atoms with Crippen molar-refractivity contribution in [1.29, 1.82) is 0 Å². The summed E-state index contributed by atoms with van der Waals surface area (Å²) in [7, 11) is 0. The lowest BCUT2D eigenvalue weighted by Crippen LogP contribution is -2.41. The van der Waals surface area contributed by atoms with Crippen LogP contribution in [0, 0.1) is 0 Å². The Bertz CT molecular complexity index is 438. The number of nitrogens with zero attached hydrogens (tertiary/aromatic N) is 3. The molecule has 0 aliphatic carbocycles. The summed E-state index contributed by atoms with van der Waals surface area (Å²) in [5.74, 6) is 1.97. The quantitative estimate of drug-likeness (QED) is 0.842. The van der Waals surface area contributed by atoms with Crippen molar-refractivity contribution >= 4 is 17.7 Å². The molecular weight excluding hydrogens is 248 g/mol. The molecule has 1 unspecified atom stereocenters. The number of hydrogen-bond donors (Lipinski definition) is 1. The van der Waals surface area contributed by atoms with Gasteiger partial charge in [-0.25, -0.2) is 4.98 Å². The Hall–Kier alpha value is -1.04. The van der Waals surface area contributed by atoms with Gasteiger partial charge in [-0.2, -0.15) is 11.8 Å². The van der Waals surface area contributed by atoms with Gasteiger partial charge in [0.15, 0.2) is 0 Å². The predicted molar refractivity (Wildman–Crippen MR) is 72.9 cm³/mol. The van der Waals surface area contributed by atoms with Crippen molar-refractivity contribution in [3.8, 4) is 0 Å². The minimum absolute atomic E-state index is 0.0612. The van der Waals surface area contributed by atoms with Crippen LogP contribution in [-0.2, 0) is 5.41 Å². The van der Waals surface area contributed by atoms with E-state index in [9.17, 15) is 4.79 Å². The van der Waals surface area contributed by atoms with Crippen LogP contribution in [0.4, 0.5) is 0 Å². The Morgan fingerprint density at radius 1 is 1.50 bits per heavy atom. The van der Waals surface area contributed by atoms with E-state index in [2.05, 4.69) is 22.1 Å². The van der Waals surface area contributed by atoms with Gasteiger partial charge in [-0.15, -0.1) is 5.10 Å². The van der Waals surface area contributed by atoms with Crippen LogP contribution in [0.3, 0.4) is 0 Å². The SMILES string of the molecule is CC1CN(C(=O)c2n[nH]c(C(C)(C)C)n2)CCS1. The van der Waals surface area contributed by atoms with E-state index in [1.807, 2.05) is 37.4 Å². The van der Waals surface area contributed by atoms with Crippen molar-refractivity contribution in [2.45, 2.75) is 38.4 Å². The van der Waals surface area contributed by atoms with E-state index in [4.69, 9.17) is 0 Å². The number of H-pyrrole nitrogens is 1. The largest absolute Gasteiger partial charge is 0.334 e. The Morgan fingerprint density at radius 2 is 2.22 bits per heavy atom. The van der Waals surface area contributed by atoms with Gasteiger partial charge in [-0.05, 0) is 0 Å². The van der Waals surface area contributed by atoms with Crippen molar-refractivity contribution in [1.82, 2.24) is 20.1 Å². The van der Waals surface area contributed by atoms with E-state index in [1.54, 1.807) is 0 Å². The van der Waals surface area contributed by atoms with Crippen LogP contribution in [-0.4, -0.2) is 50.1 Å². The zero-order valence-corrected chi connectivity index (χ0v) is 12.2. The first kappa shape index (κ1) is 13.4. The molecule has 2 rings (SSSR count). The second-order valence-corrected chi connectivity index (χ2v) is 7.24. The zero-order valence-electron chi connectivity index (χ0n) is 11.4. The number of aromatic amines is 1. The molecule has 1 aliphatic rings. The number of rotatable bonds is 1. The highest BCUT2D eigenvalue weighted by molar-refractivity contribution is 7.99. The zero-order chi connectivity index (χ0) is 13.3. The van der Waals surface area contributed by atoms with Gasteiger partial charge in [0.25, 0.3) is 5.91 Å². The predicted octanol–water partition coefficient (Wildman–Crippen LogP) is 1.68. The molecule has 1 amide bonds. The molecule has 1 fully saturated rings. The summed E-state index contributed by atoms with van der Waals surface area (Å²) in [4.78, 5) is 18.4. The van der Waals surface area contributed by atoms with Crippen LogP contribution in [0.5, 0.6) is 0 Å². The molecule has 0 radical (unpaired) electrons. The molecule has 6 heteroatoms. The molecule has 1 aromatic rings. The second kappa shape index (κ2) is 4.91. The number of nitrogens with one attached hydrogen (secondary N) is 1. The molecular formula is C12H20N4OS. The van der Waals surface area contributed by atoms with Crippen LogP contribution in [0.1, 0.15) is 44.1 Å². The molecule has 0 saturated carbocycles. The number of carbonyl (C=O) groups is 1. The fraction of sp³-hybridized carbons (Fsp3) is 0.750. The summed E-state index contributed by atoms with van der Waals surface area (Å²) < 4.78 is 0. The van der Waals surface area contributed by atoms with E-state index in [0.29, 0.717) is 11.1 Å². The topological polar surface area (TPSA) is 61.9 Å². The molecule has 0 bridgehead atoms. The minimum atomic E-state index is -0.115. The third-order valence-electron chi connectivity index (χ3n) is 2.92. The van der Waals surface area contributed by atoms with Gasteiger partial charge >= 0.3 is 0 Å². The summed E-state index contributed by atoms with van der Waals surface area (Å²) in [5, 5.41) is 7.40. The summed E-state index contributed by atoms with van der Waals surface area (Å²) in [5.41, 5.74) is -0.115.